The van der Waals surface area contributed by atoms with Crippen molar-refractivity contribution in [2.24, 2.45) is 0 Å². The van der Waals surface area contributed by atoms with Crippen molar-refractivity contribution in [3.63, 3.8) is 0 Å². The molecule has 0 spiro atoms. The number of nitrogens with zero attached hydrogens (tertiary/aromatic N) is 1. The number of hydrogen-bond acceptors (Lipinski definition) is 5. The van der Waals surface area contributed by atoms with Crippen LogP contribution in [0.5, 0.6) is 0 Å². The Balaban J connectivity index is 3.66. The summed E-state index contributed by atoms with van der Waals surface area (Å²) >= 11 is 0. The van der Waals surface area contributed by atoms with Crippen LogP contribution < -0.4 is 5.32 Å². The lowest BCUT2D eigenvalue weighted by atomic mass is 10.0. The van der Waals surface area contributed by atoms with Crippen molar-refractivity contribution in [3.05, 3.63) is 12.2 Å². The predicted octanol–water partition coefficient (Wildman–Crippen LogP) is 5.04. The van der Waals surface area contributed by atoms with Crippen molar-refractivity contribution < 1.29 is 15.3 Å². The van der Waals surface area contributed by atoms with Crippen molar-refractivity contribution in [1.82, 2.24) is 10.2 Å². The number of allylic oxidation sites excluding steroid dienone is 2. The smallest absolute Gasteiger partial charge is 0.0558 e. The van der Waals surface area contributed by atoms with E-state index in [9.17, 15) is 0 Å². The topological polar surface area (TPSA) is 76.0 Å². The summed E-state index contributed by atoms with van der Waals surface area (Å²) in [4.78, 5) is 2.11. The molecule has 5 heteroatoms. The number of aliphatic hydroxyl groups is 3. The molecule has 0 aromatic rings. The number of unbranched alkanes of at least 4 members (excludes halogenated alkanes) is 12. The van der Waals surface area contributed by atoms with Gasteiger partial charge in [0.1, 0.15) is 0 Å². The van der Waals surface area contributed by atoms with Crippen molar-refractivity contribution in [3.8, 4) is 0 Å². The highest BCUT2D eigenvalue weighted by atomic mass is 16.3. The highest BCUT2D eigenvalue weighted by Crippen LogP contribution is 2.12. The van der Waals surface area contributed by atoms with Gasteiger partial charge in [0.15, 0.2) is 0 Å². The van der Waals surface area contributed by atoms with Gasteiger partial charge in [-0.3, -0.25) is 4.90 Å². The molecule has 0 rings (SSSR count). The van der Waals surface area contributed by atoms with Crippen LogP contribution in [0.15, 0.2) is 12.2 Å². The Hall–Kier alpha value is -0.460. The maximum Gasteiger partial charge on any atom is 0.0558 e. The highest BCUT2D eigenvalue weighted by Gasteiger charge is 2.11. The molecular formula is C27H56N2O3. The fraction of sp³-hybridized carbons (Fsp3) is 0.926. The van der Waals surface area contributed by atoms with Gasteiger partial charge in [-0.2, -0.15) is 0 Å². The molecule has 4 N–H and O–H groups in total. The third kappa shape index (κ3) is 22.7. The molecule has 0 fully saturated rings. The number of rotatable bonds is 26. The van der Waals surface area contributed by atoms with Gasteiger partial charge in [-0.15, -0.1) is 0 Å². The van der Waals surface area contributed by atoms with Crippen molar-refractivity contribution in [1.29, 1.82) is 0 Å². The van der Waals surface area contributed by atoms with Crippen LogP contribution >= 0.6 is 0 Å². The third-order valence-electron chi connectivity index (χ3n) is 6.24. The second-order valence-electron chi connectivity index (χ2n) is 9.18. The molecule has 5 nitrogen and oxygen atoms in total. The summed E-state index contributed by atoms with van der Waals surface area (Å²) in [6, 6.07) is 0.402. The maximum atomic E-state index is 9.15. The predicted molar refractivity (Wildman–Crippen MR) is 138 cm³/mol. The van der Waals surface area contributed by atoms with Crippen LogP contribution in [0.2, 0.25) is 0 Å². The van der Waals surface area contributed by atoms with E-state index in [2.05, 4.69) is 29.3 Å². The van der Waals surface area contributed by atoms with E-state index in [1.54, 1.807) is 0 Å². The first-order valence-electron chi connectivity index (χ1n) is 13.7. The Kier molecular flexibility index (Phi) is 26.4. The normalized spacial score (nSPS) is 12.9. The Morgan fingerprint density at radius 3 is 1.69 bits per heavy atom. The summed E-state index contributed by atoms with van der Waals surface area (Å²) in [5, 5.41) is 30.9. The van der Waals surface area contributed by atoms with Crippen LogP contribution in [0, 0.1) is 0 Å². The number of nitrogens with one attached hydrogen (secondary N) is 1. The Morgan fingerprint density at radius 2 is 1.16 bits per heavy atom. The molecular weight excluding hydrogens is 400 g/mol. The lowest BCUT2D eigenvalue weighted by Gasteiger charge is -2.24. The fourth-order valence-corrected chi connectivity index (χ4v) is 4.21. The molecule has 1 atom stereocenters. The first kappa shape index (κ1) is 31.5. The molecule has 32 heavy (non-hydrogen) atoms. The molecule has 0 aromatic heterocycles. The molecule has 0 bridgehead atoms. The SMILES string of the molecule is CCCCCCCC/C=C\CCCCCCCCC(CCN(CCO)CCO)NCCO. The summed E-state index contributed by atoms with van der Waals surface area (Å²) in [6.07, 6.45) is 25.5. The molecule has 0 saturated carbocycles. The Labute approximate surface area is 199 Å². The van der Waals surface area contributed by atoms with Crippen LogP contribution in [0.3, 0.4) is 0 Å². The molecule has 0 radical (unpaired) electrons. The van der Waals surface area contributed by atoms with Crippen LogP contribution in [0.25, 0.3) is 0 Å². The van der Waals surface area contributed by atoms with Crippen LogP contribution in [-0.2, 0) is 0 Å². The van der Waals surface area contributed by atoms with E-state index >= 15 is 0 Å². The van der Waals surface area contributed by atoms with E-state index in [0.717, 1.165) is 19.4 Å². The monoisotopic (exact) mass is 456 g/mol. The molecule has 1 unspecified atom stereocenters. The zero-order chi connectivity index (χ0) is 23.5. The average molecular weight is 457 g/mol. The van der Waals surface area contributed by atoms with Crippen molar-refractivity contribution >= 4 is 0 Å². The van der Waals surface area contributed by atoms with Gasteiger partial charge in [-0.25, -0.2) is 0 Å². The van der Waals surface area contributed by atoms with Crippen LogP contribution in [0.4, 0.5) is 0 Å². The van der Waals surface area contributed by atoms with E-state index in [1.165, 1.54) is 89.9 Å². The second kappa shape index (κ2) is 26.8. The minimum Gasteiger partial charge on any atom is -0.395 e. The van der Waals surface area contributed by atoms with Crippen molar-refractivity contribution in [2.75, 3.05) is 46.0 Å². The minimum absolute atomic E-state index is 0.129. The molecule has 0 heterocycles. The highest BCUT2D eigenvalue weighted by molar-refractivity contribution is 4.81. The molecule has 0 aliphatic rings. The van der Waals surface area contributed by atoms with Gasteiger partial charge in [0.05, 0.1) is 19.8 Å². The Bertz CT molecular complexity index is 374. The molecule has 0 saturated heterocycles. The first-order valence-corrected chi connectivity index (χ1v) is 13.7. The standard InChI is InChI=1S/C27H56N2O3/c1-2-3-4-5-6-7-8-9-10-11-12-13-14-15-16-17-18-27(28-20-24-30)19-21-29(22-25-31)23-26-32/h9-10,27-28,30-32H,2-8,11-26H2,1H3/b10-9-. The van der Waals surface area contributed by atoms with Gasteiger partial charge in [0.2, 0.25) is 0 Å². The fourth-order valence-electron chi connectivity index (χ4n) is 4.21. The van der Waals surface area contributed by atoms with E-state index in [4.69, 9.17) is 15.3 Å². The van der Waals surface area contributed by atoms with Gasteiger partial charge < -0.3 is 20.6 Å². The number of aliphatic hydroxyl groups excluding tert-OH is 3. The summed E-state index contributed by atoms with van der Waals surface area (Å²) in [6.45, 7) is 5.43. The lowest BCUT2D eigenvalue weighted by Crippen LogP contribution is -2.37. The maximum absolute atomic E-state index is 9.15. The van der Waals surface area contributed by atoms with Crippen molar-refractivity contribution in [2.45, 2.75) is 116 Å². The summed E-state index contributed by atoms with van der Waals surface area (Å²) in [5.41, 5.74) is 0. The molecule has 0 aliphatic carbocycles. The second-order valence-corrected chi connectivity index (χ2v) is 9.18. The van der Waals surface area contributed by atoms with E-state index in [1.807, 2.05) is 0 Å². The Morgan fingerprint density at radius 1 is 0.625 bits per heavy atom. The van der Waals surface area contributed by atoms with Gasteiger partial charge in [0.25, 0.3) is 0 Å². The quantitative estimate of drug-likeness (QED) is 0.108. The number of hydrogen-bond donors (Lipinski definition) is 4. The van der Waals surface area contributed by atoms with E-state index < -0.39 is 0 Å². The van der Waals surface area contributed by atoms with E-state index in [0.29, 0.717) is 25.7 Å². The van der Waals surface area contributed by atoms with Gasteiger partial charge in [-0.05, 0) is 45.1 Å². The molecule has 0 aliphatic heterocycles. The van der Waals surface area contributed by atoms with Gasteiger partial charge >= 0.3 is 0 Å². The van der Waals surface area contributed by atoms with Crippen LogP contribution in [0.1, 0.15) is 110 Å². The summed E-state index contributed by atoms with van der Waals surface area (Å²) < 4.78 is 0. The lowest BCUT2D eigenvalue weighted by molar-refractivity contribution is 0.154. The zero-order valence-corrected chi connectivity index (χ0v) is 21.3. The molecule has 0 amide bonds. The van der Waals surface area contributed by atoms with Gasteiger partial charge in [0, 0.05) is 25.7 Å². The molecule has 0 aromatic carbocycles. The van der Waals surface area contributed by atoms with Gasteiger partial charge in [-0.1, -0.05) is 83.3 Å². The minimum atomic E-state index is 0.129. The first-order chi connectivity index (χ1) is 15.8. The van der Waals surface area contributed by atoms with Crippen LogP contribution in [-0.4, -0.2) is 72.3 Å². The largest absolute Gasteiger partial charge is 0.395 e. The summed E-state index contributed by atoms with van der Waals surface area (Å²) in [7, 11) is 0. The van der Waals surface area contributed by atoms with E-state index in [-0.39, 0.29) is 19.8 Å². The third-order valence-corrected chi connectivity index (χ3v) is 6.24. The average Bonchev–Trinajstić information content (AvgIpc) is 2.80. The zero-order valence-electron chi connectivity index (χ0n) is 21.3. The molecule has 192 valence electrons. The summed E-state index contributed by atoms with van der Waals surface area (Å²) in [5.74, 6) is 0.